The van der Waals surface area contributed by atoms with E-state index in [9.17, 15) is 8.42 Å². The van der Waals surface area contributed by atoms with Gasteiger partial charge >= 0.3 is 0 Å². The molecule has 1 unspecified atom stereocenters. The van der Waals surface area contributed by atoms with E-state index in [2.05, 4.69) is 15.9 Å². The third-order valence-electron chi connectivity index (χ3n) is 3.37. The third kappa shape index (κ3) is 5.34. The van der Waals surface area contributed by atoms with Gasteiger partial charge in [0.05, 0.1) is 17.9 Å². The lowest BCUT2D eigenvalue weighted by Gasteiger charge is -2.36. The lowest BCUT2D eigenvalue weighted by Crippen LogP contribution is -2.50. The Kier molecular flexibility index (Phi) is 6.06. The van der Waals surface area contributed by atoms with Crippen LogP contribution in [-0.2, 0) is 9.84 Å². The number of nitrogens with zero attached hydrogens (tertiary/aromatic N) is 3. The second-order valence-corrected chi connectivity index (χ2v) is 7.17. The Bertz CT molecular complexity index is 381. The van der Waals surface area contributed by atoms with Crippen LogP contribution in [0.15, 0.2) is 0 Å². The summed E-state index contributed by atoms with van der Waals surface area (Å²) in [5, 5.41) is 9.00. The molecule has 0 amide bonds. The summed E-state index contributed by atoms with van der Waals surface area (Å²) < 4.78 is 22.1. The molecular weight excluding hydrogens is 250 g/mol. The maximum absolute atomic E-state index is 11.0. The van der Waals surface area contributed by atoms with Crippen molar-refractivity contribution in [3.8, 4) is 6.07 Å². The van der Waals surface area contributed by atoms with Gasteiger partial charge in [-0.3, -0.25) is 4.90 Å². The molecule has 6 heteroatoms. The lowest BCUT2D eigenvalue weighted by atomic mass is 10.2. The van der Waals surface area contributed by atoms with Crippen LogP contribution in [0.2, 0.25) is 0 Å². The zero-order valence-corrected chi connectivity index (χ0v) is 12.1. The molecule has 0 aliphatic carbocycles. The molecule has 0 aromatic heterocycles. The first-order chi connectivity index (χ1) is 8.46. The number of rotatable bonds is 6. The van der Waals surface area contributed by atoms with Crippen molar-refractivity contribution >= 4 is 9.84 Å². The maximum Gasteiger partial charge on any atom is 0.147 e. The topological polar surface area (TPSA) is 64.4 Å². The van der Waals surface area contributed by atoms with Crippen molar-refractivity contribution < 1.29 is 8.42 Å². The Morgan fingerprint density at radius 1 is 1.28 bits per heavy atom. The van der Waals surface area contributed by atoms with Crippen LogP contribution in [0.3, 0.4) is 0 Å². The van der Waals surface area contributed by atoms with Crippen molar-refractivity contribution in [1.82, 2.24) is 9.80 Å². The molecular formula is C12H23N3O2S. The minimum absolute atomic E-state index is 0.0307. The molecule has 1 heterocycles. The van der Waals surface area contributed by atoms with Gasteiger partial charge in [-0.25, -0.2) is 8.42 Å². The molecule has 0 N–H and O–H groups in total. The van der Waals surface area contributed by atoms with E-state index in [1.807, 2.05) is 6.92 Å². The molecule has 0 saturated carbocycles. The molecule has 1 aliphatic rings. The van der Waals surface area contributed by atoms with Gasteiger partial charge in [-0.2, -0.15) is 5.26 Å². The van der Waals surface area contributed by atoms with Gasteiger partial charge in [-0.05, 0) is 19.4 Å². The van der Waals surface area contributed by atoms with Crippen LogP contribution in [0.5, 0.6) is 0 Å². The highest BCUT2D eigenvalue weighted by Crippen LogP contribution is 2.09. The monoisotopic (exact) mass is 273 g/mol. The molecule has 1 saturated heterocycles. The summed E-state index contributed by atoms with van der Waals surface area (Å²) in [6.07, 6.45) is 2.85. The quantitative estimate of drug-likeness (QED) is 0.698. The summed E-state index contributed by atoms with van der Waals surface area (Å²) in [4.78, 5) is 4.50. The highest BCUT2D eigenvalue weighted by atomic mass is 32.2. The number of sulfone groups is 1. The molecule has 104 valence electrons. The van der Waals surface area contributed by atoms with Crippen molar-refractivity contribution in [3.05, 3.63) is 0 Å². The highest BCUT2D eigenvalue weighted by Gasteiger charge is 2.22. The van der Waals surface area contributed by atoms with Gasteiger partial charge in [-0.15, -0.1) is 0 Å². The van der Waals surface area contributed by atoms with E-state index in [1.165, 1.54) is 6.26 Å². The largest absolute Gasteiger partial charge is 0.301 e. The summed E-state index contributed by atoms with van der Waals surface area (Å²) in [7, 11) is -2.84. The van der Waals surface area contributed by atoms with E-state index >= 15 is 0 Å². The van der Waals surface area contributed by atoms with Gasteiger partial charge in [0.15, 0.2) is 0 Å². The first kappa shape index (κ1) is 15.4. The molecule has 18 heavy (non-hydrogen) atoms. The normalized spacial score (nSPS) is 20.5. The van der Waals surface area contributed by atoms with Crippen molar-refractivity contribution in [2.45, 2.75) is 25.8 Å². The maximum atomic E-state index is 11.0. The zero-order valence-electron chi connectivity index (χ0n) is 11.3. The van der Waals surface area contributed by atoms with Crippen LogP contribution in [0.4, 0.5) is 0 Å². The summed E-state index contributed by atoms with van der Waals surface area (Å²) in [6.45, 7) is 6.55. The smallest absolute Gasteiger partial charge is 0.147 e. The predicted octanol–water partition coefficient (Wildman–Crippen LogP) is 0.341. The SMILES string of the molecule is CCC(C#N)N1CCN(CCCS(C)(=O)=O)CC1. The molecule has 0 spiro atoms. The van der Waals surface area contributed by atoms with Crippen LogP contribution in [0.25, 0.3) is 0 Å². The zero-order chi connectivity index (χ0) is 13.6. The van der Waals surface area contributed by atoms with E-state index in [4.69, 9.17) is 5.26 Å². The number of hydrogen-bond donors (Lipinski definition) is 0. The van der Waals surface area contributed by atoms with Gasteiger partial charge in [0.2, 0.25) is 0 Å². The predicted molar refractivity (Wildman–Crippen MR) is 72.0 cm³/mol. The van der Waals surface area contributed by atoms with Crippen molar-refractivity contribution in [2.75, 3.05) is 44.7 Å². The second-order valence-electron chi connectivity index (χ2n) is 4.91. The molecule has 0 radical (unpaired) electrons. The minimum Gasteiger partial charge on any atom is -0.301 e. The molecule has 1 aliphatic heterocycles. The first-order valence-electron chi connectivity index (χ1n) is 6.50. The standard InChI is InChI=1S/C12H23N3O2S/c1-3-12(11-13)15-8-6-14(7-9-15)5-4-10-18(2,16)17/h12H,3-10H2,1-2H3. The fourth-order valence-electron chi connectivity index (χ4n) is 2.28. The van der Waals surface area contributed by atoms with Gasteiger partial charge in [0.1, 0.15) is 9.84 Å². The van der Waals surface area contributed by atoms with E-state index in [0.717, 1.165) is 39.1 Å². The number of piperazine rings is 1. The highest BCUT2D eigenvalue weighted by molar-refractivity contribution is 7.90. The molecule has 1 rings (SSSR count). The van der Waals surface area contributed by atoms with Crippen LogP contribution in [-0.4, -0.2) is 69.0 Å². The first-order valence-corrected chi connectivity index (χ1v) is 8.56. The molecule has 0 aromatic carbocycles. The Hall–Kier alpha value is -0.640. The van der Waals surface area contributed by atoms with E-state index in [1.54, 1.807) is 0 Å². The van der Waals surface area contributed by atoms with Gasteiger partial charge < -0.3 is 4.90 Å². The number of hydrogen-bond acceptors (Lipinski definition) is 5. The summed E-state index contributed by atoms with van der Waals surface area (Å²) >= 11 is 0. The fourth-order valence-corrected chi connectivity index (χ4v) is 2.93. The van der Waals surface area contributed by atoms with E-state index in [0.29, 0.717) is 6.42 Å². The minimum atomic E-state index is -2.84. The molecule has 5 nitrogen and oxygen atoms in total. The van der Waals surface area contributed by atoms with Crippen LogP contribution in [0, 0.1) is 11.3 Å². The lowest BCUT2D eigenvalue weighted by molar-refractivity contribution is 0.113. The molecule has 0 aromatic rings. The molecule has 1 atom stereocenters. The Balaban J connectivity index is 2.26. The summed E-state index contributed by atoms with van der Waals surface area (Å²) in [5.74, 6) is 0.267. The van der Waals surface area contributed by atoms with Gasteiger partial charge in [-0.1, -0.05) is 6.92 Å². The van der Waals surface area contributed by atoms with Crippen LogP contribution >= 0.6 is 0 Å². The van der Waals surface area contributed by atoms with Crippen LogP contribution in [0.1, 0.15) is 19.8 Å². The van der Waals surface area contributed by atoms with E-state index < -0.39 is 9.84 Å². The van der Waals surface area contributed by atoms with Gasteiger partial charge in [0, 0.05) is 32.4 Å². The van der Waals surface area contributed by atoms with Crippen molar-refractivity contribution in [3.63, 3.8) is 0 Å². The second kappa shape index (κ2) is 7.07. The summed E-state index contributed by atoms with van der Waals surface area (Å²) in [6, 6.07) is 2.36. The average molecular weight is 273 g/mol. The Morgan fingerprint density at radius 3 is 2.33 bits per heavy atom. The molecule has 1 fully saturated rings. The fraction of sp³-hybridized carbons (Fsp3) is 0.917. The Morgan fingerprint density at radius 2 is 1.89 bits per heavy atom. The summed E-state index contributed by atoms with van der Waals surface area (Å²) in [5.41, 5.74) is 0. The Labute approximate surface area is 110 Å². The van der Waals surface area contributed by atoms with Crippen molar-refractivity contribution in [2.24, 2.45) is 0 Å². The van der Waals surface area contributed by atoms with Crippen LogP contribution < -0.4 is 0 Å². The van der Waals surface area contributed by atoms with E-state index in [-0.39, 0.29) is 11.8 Å². The van der Waals surface area contributed by atoms with Crippen molar-refractivity contribution in [1.29, 1.82) is 5.26 Å². The number of nitriles is 1. The van der Waals surface area contributed by atoms with Gasteiger partial charge in [0.25, 0.3) is 0 Å². The average Bonchev–Trinajstić information content (AvgIpc) is 2.31. The molecule has 0 bridgehead atoms. The third-order valence-corrected chi connectivity index (χ3v) is 4.40.